The van der Waals surface area contributed by atoms with E-state index in [0.29, 0.717) is 27.4 Å². The molecule has 0 saturated carbocycles. The summed E-state index contributed by atoms with van der Waals surface area (Å²) in [6.07, 6.45) is 0. The molecule has 0 saturated heterocycles. The average Bonchev–Trinajstić information content (AvgIpc) is 3.33. The molecule has 8 nitrogen and oxygen atoms in total. The second kappa shape index (κ2) is 9.01. The predicted molar refractivity (Wildman–Crippen MR) is 121 cm³/mol. The summed E-state index contributed by atoms with van der Waals surface area (Å²) in [6, 6.07) is 12.7. The summed E-state index contributed by atoms with van der Waals surface area (Å²) in [5.74, 6) is 0.194. The van der Waals surface area contributed by atoms with Crippen LogP contribution >= 0.6 is 11.3 Å². The largest absolute Gasteiger partial charge is 0.425 e. The molecule has 0 amide bonds. The zero-order valence-electron chi connectivity index (χ0n) is 17.8. The molecule has 0 aliphatic heterocycles. The second-order valence-electron chi connectivity index (χ2n) is 7.78. The maximum absolute atomic E-state index is 13.4. The number of fused-ring (bicyclic) bond motifs is 1. The molecule has 2 atom stereocenters. The first-order valence-electron chi connectivity index (χ1n) is 10.1. The maximum atomic E-state index is 13.4. The molecule has 0 radical (unpaired) electrons. The first-order chi connectivity index (χ1) is 15.3. The fourth-order valence-electron chi connectivity index (χ4n) is 3.07. The lowest BCUT2D eigenvalue weighted by atomic mass is 10.0. The minimum absolute atomic E-state index is 0.00412. The fourth-order valence-corrected chi connectivity index (χ4v) is 3.84. The Bertz CT molecular complexity index is 1240. The van der Waals surface area contributed by atoms with Gasteiger partial charge < -0.3 is 15.8 Å². The number of carbonyl (C=O) groups is 1. The van der Waals surface area contributed by atoms with Gasteiger partial charge in [0.2, 0.25) is 10.1 Å². The lowest BCUT2D eigenvalue weighted by Gasteiger charge is -2.15. The van der Waals surface area contributed by atoms with Crippen molar-refractivity contribution in [2.45, 2.75) is 32.7 Å². The van der Waals surface area contributed by atoms with Crippen molar-refractivity contribution >= 4 is 33.1 Å². The average molecular weight is 455 g/mol. The van der Waals surface area contributed by atoms with Gasteiger partial charge in [-0.2, -0.15) is 4.52 Å². The molecule has 4 rings (SSSR count). The van der Waals surface area contributed by atoms with Crippen molar-refractivity contribution in [1.29, 1.82) is 0 Å². The number of ether oxygens (including phenoxy) is 1. The molecule has 2 heterocycles. The molecule has 0 bridgehead atoms. The normalized spacial score (nSPS) is 13.3. The molecule has 32 heavy (non-hydrogen) atoms. The van der Waals surface area contributed by atoms with E-state index in [-0.39, 0.29) is 17.7 Å². The number of carbonyl (C=O) groups excluding carboxylic acids is 1. The Balaban J connectivity index is 1.50. The van der Waals surface area contributed by atoms with Crippen LogP contribution in [0.4, 0.5) is 15.2 Å². The third-order valence-corrected chi connectivity index (χ3v) is 5.88. The highest BCUT2D eigenvalue weighted by Gasteiger charge is 2.21. The molecule has 0 aliphatic rings. The highest BCUT2D eigenvalue weighted by molar-refractivity contribution is 7.20. The molecule has 0 aliphatic carbocycles. The van der Waals surface area contributed by atoms with Crippen molar-refractivity contribution in [3.05, 3.63) is 65.7 Å². The fraction of sp³-hybridized carbons (Fsp3) is 0.273. The molecule has 10 heteroatoms. The summed E-state index contributed by atoms with van der Waals surface area (Å²) in [6.45, 7) is 5.73. The van der Waals surface area contributed by atoms with Gasteiger partial charge in [-0.3, -0.25) is 0 Å². The Morgan fingerprint density at radius 3 is 2.59 bits per heavy atom. The number of aromatic nitrogens is 4. The van der Waals surface area contributed by atoms with E-state index in [1.807, 2.05) is 32.9 Å². The van der Waals surface area contributed by atoms with Gasteiger partial charge in [0.1, 0.15) is 17.6 Å². The Kier molecular flexibility index (Phi) is 6.15. The van der Waals surface area contributed by atoms with Gasteiger partial charge >= 0.3 is 5.97 Å². The van der Waals surface area contributed by atoms with E-state index >= 15 is 0 Å². The molecule has 0 unspecified atom stereocenters. The Morgan fingerprint density at radius 1 is 1.16 bits per heavy atom. The summed E-state index contributed by atoms with van der Waals surface area (Å²) >= 11 is 1.32. The van der Waals surface area contributed by atoms with Crippen LogP contribution in [0, 0.1) is 11.7 Å². The zero-order valence-corrected chi connectivity index (χ0v) is 18.6. The van der Waals surface area contributed by atoms with E-state index in [1.165, 1.54) is 23.5 Å². The summed E-state index contributed by atoms with van der Waals surface area (Å²) in [5, 5.41) is 16.7. The van der Waals surface area contributed by atoms with Gasteiger partial charge in [0.05, 0.1) is 0 Å². The van der Waals surface area contributed by atoms with E-state index in [0.717, 1.165) is 5.56 Å². The number of esters is 1. The Morgan fingerprint density at radius 2 is 1.91 bits per heavy atom. The Hall–Kier alpha value is -3.37. The third kappa shape index (κ3) is 4.61. The highest BCUT2D eigenvalue weighted by atomic mass is 32.1. The zero-order chi connectivity index (χ0) is 22.8. The van der Waals surface area contributed by atoms with E-state index in [1.54, 1.807) is 28.8 Å². The van der Waals surface area contributed by atoms with Crippen LogP contribution in [0.5, 0.6) is 5.75 Å². The Labute approximate surface area is 188 Å². The van der Waals surface area contributed by atoms with Crippen LogP contribution in [0.1, 0.15) is 38.1 Å². The number of anilines is 2. The van der Waals surface area contributed by atoms with Crippen molar-refractivity contribution in [3.63, 3.8) is 0 Å². The summed E-state index contributed by atoms with van der Waals surface area (Å²) in [4.78, 5) is 12.7. The summed E-state index contributed by atoms with van der Waals surface area (Å²) < 4.78 is 20.5. The molecule has 3 N–H and O–H groups in total. The van der Waals surface area contributed by atoms with Crippen LogP contribution in [0.2, 0.25) is 0 Å². The van der Waals surface area contributed by atoms with Gasteiger partial charge in [-0.25, -0.2) is 9.18 Å². The molecule has 0 spiro atoms. The van der Waals surface area contributed by atoms with Crippen LogP contribution < -0.4 is 15.8 Å². The first kappa shape index (κ1) is 21.8. The highest BCUT2D eigenvalue weighted by Crippen LogP contribution is 2.29. The van der Waals surface area contributed by atoms with Crippen LogP contribution in [-0.4, -0.2) is 31.8 Å². The quantitative estimate of drug-likeness (QED) is 0.320. The number of hydrogen-bond acceptors (Lipinski definition) is 8. The van der Waals surface area contributed by atoms with E-state index in [9.17, 15) is 9.18 Å². The minimum atomic E-state index is -0.669. The number of benzene rings is 2. The van der Waals surface area contributed by atoms with Crippen molar-refractivity contribution in [1.82, 2.24) is 19.8 Å². The lowest BCUT2D eigenvalue weighted by Crippen LogP contribution is -2.38. The monoisotopic (exact) mass is 454 g/mol. The van der Waals surface area contributed by atoms with Gasteiger partial charge in [-0.15, -0.1) is 15.3 Å². The van der Waals surface area contributed by atoms with Gasteiger partial charge in [0, 0.05) is 11.6 Å². The van der Waals surface area contributed by atoms with Gasteiger partial charge in [0.25, 0.3) is 0 Å². The maximum Gasteiger partial charge on any atom is 0.328 e. The van der Waals surface area contributed by atoms with Crippen LogP contribution in [0.15, 0.2) is 48.5 Å². The van der Waals surface area contributed by atoms with Crippen molar-refractivity contribution in [3.8, 4) is 5.75 Å². The first-order valence-corrected chi connectivity index (χ1v) is 11.0. The number of halogens is 1. The number of nitrogens with zero attached hydrogens (tertiary/aromatic N) is 4. The topological polar surface area (TPSA) is 107 Å². The molecular weight excluding hydrogens is 431 g/mol. The van der Waals surface area contributed by atoms with E-state index < -0.39 is 12.0 Å². The molecule has 2 aromatic heterocycles. The van der Waals surface area contributed by atoms with Crippen molar-refractivity contribution in [2.75, 3.05) is 5.32 Å². The summed E-state index contributed by atoms with van der Waals surface area (Å²) in [5.41, 5.74) is 7.40. The van der Waals surface area contributed by atoms with Crippen molar-refractivity contribution in [2.24, 2.45) is 11.7 Å². The van der Waals surface area contributed by atoms with E-state index in [4.69, 9.17) is 10.5 Å². The molecular formula is C22H23FN6O2S. The number of hydrogen-bond donors (Lipinski definition) is 2. The van der Waals surface area contributed by atoms with E-state index in [2.05, 4.69) is 20.6 Å². The molecule has 0 fully saturated rings. The van der Waals surface area contributed by atoms with Crippen LogP contribution in [0.3, 0.4) is 0 Å². The van der Waals surface area contributed by atoms with Gasteiger partial charge in [0.15, 0.2) is 5.82 Å². The molecule has 2 aromatic carbocycles. The van der Waals surface area contributed by atoms with Crippen LogP contribution in [-0.2, 0) is 4.79 Å². The summed E-state index contributed by atoms with van der Waals surface area (Å²) in [7, 11) is 0. The number of rotatable bonds is 7. The number of nitrogens with two attached hydrogens (primary N) is 1. The van der Waals surface area contributed by atoms with Crippen LogP contribution in [0.25, 0.3) is 4.96 Å². The smallest absolute Gasteiger partial charge is 0.328 e. The second-order valence-corrected chi connectivity index (χ2v) is 8.73. The predicted octanol–water partition coefficient (Wildman–Crippen LogP) is 4.11. The molecule has 4 aromatic rings. The third-order valence-electron chi connectivity index (χ3n) is 5.07. The standard InChI is InChI=1S/C22H23FN6O2S/c1-12(2)18(24)20(30)31-17-9-7-14(8-10-17)13(3)19-26-27-22-29(19)28-21(32-22)25-16-6-4-5-15(23)11-16/h4-13,18H,24H2,1-3H3,(H,25,28)/t13-,18+/m0/s1. The van der Waals surface area contributed by atoms with Gasteiger partial charge in [-0.1, -0.05) is 50.3 Å². The lowest BCUT2D eigenvalue weighted by molar-refractivity contribution is -0.136. The van der Waals surface area contributed by atoms with Crippen molar-refractivity contribution < 1.29 is 13.9 Å². The number of nitrogens with one attached hydrogen (secondary N) is 1. The molecule has 166 valence electrons. The SMILES string of the molecule is CC(C)[C@@H](N)C(=O)Oc1ccc([C@H](C)c2nnc3sc(Nc4cccc(F)c4)nn23)cc1. The minimum Gasteiger partial charge on any atom is -0.425 e. The van der Waals surface area contributed by atoms with Gasteiger partial charge in [-0.05, 0) is 41.8 Å².